The van der Waals surface area contributed by atoms with Gasteiger partial charge in [-0.2, -0.15) is 0 Å². The van der Waals surface area contributed by atoms with Crippen molar-refractivity contribution in [2.24, 2.45) is 0 Å². The van der Waals surface area contributed by atoms with E-state index in [1.165, 1.54) is 4.88 Å². The largest absolute Gasteiger partial charge is 0.479 e. The van der Waals surface area contributed by atoms with E-state index >= 15 is 0 Å². The average Bonchev–Trinajstić information content (AvgIpc) is 3.19. The lowest BCUT2D eigenvalue weighted by Crippen LogP contribution is -2.45. The Morgan fingerprint density at radius 1 is 1.33 bits per heavy atom. The summed E-state index contributed by atoms with van der Waals surface area (Å²) in [4.78, 5) is 16.1. The first-order chi connectivity index (χ1) is 13.0. The molecule has 1 saturated heterocycles. The fraction of sp³-hybridized carbons (Fsp3) is 0.421. The number of hydrogen-bond acceptors (Lipinski definition) is 5. The molecule has 0 radical (unpaired) electrons. The number of thiophene rings is 1. The van der Waals surface area contributed by atoms with E-state index in [0.717, 1.165) is 13.1 Å². The normalized spacial score (nSPS) is 17.3. The predicted molar refractivity (Wildman–Crippen MR) is 109 cm³/mol. The molecule has 27 heavy (non-hydrogen) atoms. The third-order valence-electron chi connectivity index (χ3n) is 4.39. The van der Waals surface area contributed by atoms with Gasteiger partial charge in [-0.25, -0.2) is 0 Å². The van der Waals surface area contributed by atoms with Crippen LogP contribution in [0.25, 0.3) is 0 Å². The molecule has 1 aromatic heterocycles. The molecule has 0 saturated carbocycles. The predicted octanol–water partition coefficient (Wildman–Crippen LogP) is 4.01. The van der Waals surface area contributed by atoms with Gasteiger partial charge >= 0.3 is 0 Å². The van der Waals surface area contributed by atoms with Gasteiger partial charge < -0.3 is 14.8 Å². The second-order valence-corrected chi connectivity index (χ2v) is 8.08. The molecule has 1 N–H and O–H groups in total. The number of halogens is 2. The number of nitrogens with zero attached hydrogens (tertiary/aromatic N) is 1. The summed E-state index contributed by atoms with van der Waals surface area (Å²) in [5.41, 5.74) is 0. The van der Waals surface area contributed by atoms with Gasteiger partial charge in [-0.1, -0.05) is 29.3 Å². The summed E-state index contributed by atoms with van der Waals surface area (Å²) in [6.07, 6.45) is -0.669. The lowest BCUT2D eigenvalue weighted by Gasteiger charge is -2.34. The third-order valence-corrected chi connectivity index (χ3v) is 5.90. The van der Waals surface area contributed by atoms with Crippen LogP contribution in [0.1, 0.15) is 17.8 Å². The van der Waals surface area contributed by atoms with Crippen LogP contribution >= 0.6 is 34.5 Å². The van der Waals surface area contributed by atoms with Crippen LogP contribution in [0.4, 0.5) is 0 Å². The number of carbonyl (C=O) groups excluding carboxylic acids is 1. The quantitative estimate of drug-likeness (QED) is 0.723. The molecule has 2 aromatic rings. The Labute approximate surface area is 173 Å². The van der Waals surface area contributed by atoms with Gasteiger partial charge in [-0.05, 0) is 36.6 Å². The molecule has 0 aliphatic carbocycles. The van der Waals surface area contributed by atoms with E-state index < -0.39 is 6.10 Å². The minimum Gasteiger partial charge on any atom is -0.479 e. The average molecular weight is 429 g/mol. The van der Waals surface area contributed by atoms with Gasteiger partial charge in [0.05, 0.1) is 24.3 Å². The molecule has 1 aliphatic rings. The van der Waals surface area contributed by atoms with Crippen LogP contribution in [0.3, 0.4) is 0 Å². The highest BCUT2D eigenvalue weighted by Crippen LogP contribution is 2.28. The third kappa shape index (κ3) is 5.59. The molecule has 8 heteroatoms. The van der Waals surface area contributed by atoms with Gasteiger partial charge in [0, 0.05) is 29.5 Å². The molecule has 0 spiro atoms. The van der Waals surface area contributed by atoms with E-state index in [0.29, 0.717) is 35.6 Å². The molecule has 3 rings (SSSR count). The van der Waals surface area contributed by atoms with E-state index in [1.54, 1.807) is 36.5 Å². The second kappa shape index (κ2) is 9.75. The zero-order valence-corrected chi connectivity index (χ0v) is 17.3. The summed E-state index contributed by atoms with van der Waals surface area (Å²) in [6, 6.07) is 9.20. The monoisotopic (exact) mass is 428 g/mol. The highest BCUT2D eigenvalue weighted by atomic mass is 35.5. The molecule has 2 atom stereocenters. The van der Waals surface area contributed by atoms with Crippen molar-refractivity contribution in [3.05, 3.63) is 50.6 Å². The molecular weight excluding hydrogens is 407 g/mol. The number of amides is 1. The molecule has 1 amide bonds. The van der Waals surface area contributed by atoms with Gasteiger partial charge in [-0.15, -0.1) is 11.3 Å². The summed E-state index contributed by atoms with van der Waals surface area (Å²) >= 11 is 13.7. The zero-order valence-electron chi connectivity index (χ0n) is 15.0. The Bertz CT molecular complexity index is 751. The maximum atomic E-state index is 12.5. The van der Waals surface area contributed by atoms with E-state index in [-0.39, 0.29) is 11.9 Å². The maximum Gasteiger partial charge on any atom is 0.260 e. The molecule has 0 unspecified atom stereocenters. The van der Waals surface area contributed by atoms with Gasteiger partial charge in [0.25, 0.3) is 5.91 Å². The fourth-order valence-corrected chi connectivity index (χ4v) is 4.25. The minimum absolute atomic E-state index is 0.129. The van der Waals surface area contributed by atoms with E-state index in [2.05, 4.69) is 21.7 Å². The number of hydrogen-bond donors (Lipinski definition) is 1. The maximum absolute atomic E-state index is 12.5. The van der Waals surface area contributed by atoms with Crippen LogP contribution in [0.2, 0.25) is 10.0 Å². The molecule has 1 aromatic carbocycles. The van der Waals surface area contributed by atoms with Crippen LogP contribution in [0, 0.1) is 0 Å². The summed E-state index contributed by atoms with van der Waals surface area (Å²) in [6.45, 7) is 5.35. The standard InChI is InChI=1S/C19H22Cl2N2O3S/c1-13(26-17-5-4-14(20)11-15(17)21)19(24)22-12-16(18-3-2-10-27-18)23-6-8-25-9-7-23/h2-5,10-11,13,16H,6-9,12H2,1H3,(H,22,24)/t13-,16-/m0/s1. The number of ether oxygens (including phenoxy) is 2. The van der Waals surface area contributed by atoms with Gasteiger partial charge in [0.1, 0.15) is 5.75 Å². The zero-order chi connectivity index (χ0) is 19.2. The topological polar surface area (TPSA) is 50.8 Å². The summed E-state index contributed by atoms with van der Waals surface area (Å²) < 4.78 is 11.1. The van der Waals surface area contributed by atoms with E-state index in [4.69, 9.17) is 32.7 Å². The molecule has 5 nitrogen and oxygen atoms in total. The van der Waals surface area contributed by atoms with Crippen LogP contribution in [-0.2, 0) is 9.53 Å². The Hall–Kier alpha value is -1.31. The number of benzene rings is 1. The van der Waals surface area contributed by atoms with Gasteiger partial charge in [-0.3, -0.25) is 9.69 Å². The SMILES string of the molecule is C[C@H](Oc1ccc(Cl)cc1Cl)C(=O)NC[C@@H](c1cccs1)N1CCOCC1. The highest BCUT2D eigenvalue weighted by molar-refractivity contribution is 7.10. The highest BCUT2D eigenvalue weighted by Gasteiger charge is 2.25. The number of carbonyl (C=O) groups is 1. The molecule has 0 bridgehead atoms. The van der Waals surface area contributed by atoms with Crippen LogP contribution in [-0.4, -0.2) is 49.8 Å². The van der Waals surface area contributed by atoms with Crippen LogP contribution < -0.4 is 10.1 Å². The van der Waals surface area contributed by atoms with Crippen LogP contribution in [0.5, 0.6) is 5.75 Å². The molecule has 1 fully saturated rings. The first-order valence-electron chi connectivity index (χ1n) is 8.79. The summed E-state index contributed by atoms with van der Waals surface area (Å²) in [7, 11) is 0. The van der Waals surface area contributed by atoms with Crippen molar-refractivity contribution in [2.45, 2.75) is 19.1 Å². The van der Waals surface area contributed by atoms with Crippen LogP contribution in [0.15, 0.2) is 35.7 Å². The van der Waals surface area contributed by atoms with E-state index in [1.807, 2.05) is 6.07 Å². The van der Waals surface area contributed by atoms with Crippen molar-refractivity contribution in [3.63, 3.8) is 0 Å². The first-order valence-corrected chi connectivity index (χ1v) is 10.4. The lowest BCUT2D eigenvalue weighted by molar-refractivity contribution is -0.127. The Kier molecular flexibility index (Phi) is 7.38. The van der Waals surface area contributed by atoms with Crippen molar-refractivity contribution in [1.82, 2.24) is 10.2 Å². The minimum atomic E-state index is -0.669. The Morgan fingerprint density at radius 2 is 2.11 bits per heavy atom. The van der Waals surface area contributed by atoms with Gasteiger partial charge in [0.2, 0.25) is 0 Å². The molecule has 146 valence electrons. The lowest BCUT2D eigenvalue weighted by atomic mass is 10.2. The van der Waals surface area contributed by atoms with E-state index in [9.17, 15) is 4.79 Å². The summed E-state index contributed by atoms with van der Waals surface area (Å²) in [5.74, 6) is 0.252. The smallest absolute Gasteiger partial charge is 0.260 e. The van der Waals surface area contributed by atoms with Crippen molar-refractivity contribution < 1.29 is 14.3 Å². The van der Waals surface area contributed by atoms with Crippen molar-refractivity contribution in [1.29, 1.82) is 0 Å². The van der Waals surface area contributed by atoms with Gasteiger partial charge in [0.15, 0.2) is 6.10 Å². The summed E-state index contributed by atoms with van der Waals surface area (Å²) in [5, 5.41) is 5.97. The number of rotatable bonds is 7. The molecular formula is C19H22Cl2N2O3S. The Balaban J connectivity index is 1.59. The number of morpholine rings is 1. The molecule has 1 aliphatic heterocycles. The fourth-order valence-electron chi connectivity index (χ4n) is 2.94. The Morgan fingerprint density at radius 3 is 2.78 bits per heavy atom. The van der Waals surface area contributed by atoms with Crippen molar-refractivity contribution in [3.8, 4) is 5.75 Å². The second-order valence-electron chi connectivity index (χ2n) is 6.26. The first kappa shape index (κ1) is 20.4. The number of nitrogens with one attached hydrogen (secondary N) is 1. The molecule has 2 heterocycles. The van der Waals surface area contributed by atoms with Crippen molar-refractivity contribution >= 4 is 40.4 Å². The van der Waals surface area contributed by atoms with Crippen molar-refractivity contribution in [2.75, 3.05) is 32.8 Å².